The van der Waals surface area contributed by atoms with E-state index in [1.165, 1.54) is 30.0 Å². The van der Waals surface area contributed by atoms with E-state index in [9.17, 15) is 9.18 Å². The molecule has 0 aliphatic rings. The van der Waals surface area contributed by atoms with Crippen LogP contribution in [0.4, 0.5) is 4.39 Å². The highest BCUT2D eigenvalue weighted by atomic mass is 35.5. The van der Waals surface area contributed by atoms with Gasteiger partial charge in [-0.25, -0.2) is 4.39 Å². The summed E-state index contributed by atoms with van der Waals surface area (Å²) in [7, 11) is 0. The predicted octanol–water partition coefficient (Wildman–Crippen LogP) is 5.46. The average molecular weight is 495 g/mol. The highest BCUT2D eigenvalue weighted by molar-refractivity contribution is 7.99. The van der Waals surface area contributed by atoms with Crippen LogP contribution >= 0.6 is 35.0 Å². The number of ether oxygens (including phenoxy) is 1. The highest BCUT2D eigenvalue weighted by Crippen LogP contribution is 2.30. The fraction of sp³-hybridized carbons (Fsp3) is 0.227. The lowest BCUT2D eigenvalue weighted by Crippen LogP contribution is -2.24. The maximum absolute atomic E-state index is 13.3. The molecule has 3 aromatic rings. The van der Waals surface area contributed by atoms with Crippen molar-refractivity contribution in [1.29, 1.82) is 0 Å². The lowest BCUT2D eigenvalue weighted by atomic mass is 10.2. The van der Waals surface area contributed by atoms with Crippen molar-refractivity contribution in [1.82, 2.24) is 20.1 Å². The molecule has 0 aliphatic heterocycles. The first-order valence-electron chi connectivity index (χ1n) is 9.67. The quantitative estimate of drug-likeness (QED) is 0.299. The van der Waals surface area contributed by atoms with Gasteiger partial charge in [-0.1, -0.05) is 53.2 Å². The van der Waals surface area contributed by atoms with Crippen LogP contribution in [0.1, 0.15) is 24.4 Å². The van der Waals surface area contributed by atoms with Crippen LogP contribution in [0.5, 0.6) is 5.75 Å². The number of rotatable bonds is 10. The molecule has 0 spiro atoms. The first-order chi connectivity index (χ1) is 15.4. The van der Waals surface area contributed by atoms with E-state index in [2.05, 4.69) is 22.1 Å². The molecule has 0 fully saturated rings. The molecule has 0 aliphatic carbocycles. The Kier molecular flexibility index (Phi) is 8.55. The van der Waals surface area contributed by atoms with Crippen molar-refractivity contribution < 1.29 is 13.9 Å². The van der Waals surface area contributed by atoms with Gasteiger partial charge in [0, 0.05) is 18.1 Å². The number of benzene rings is 2. The Balaban J connectivity index is 1.62. The van der Waals surface area contributed by atoms with Crippen molar-refractivity contribution in [2.24, 2.45) is 0 Å². The van der Waals surface area contributed by atoms with E-state index in [1.807, 2.05) is 16.7 Å². The summed E-state index contributed by atoms with van der Waals surface area (Å²) in [5.74, 6) is 0.459. The molecule has 2 aromatic carbocycles. The number of thioether (sulfide) groups is 1. The fourth-order valence-corrected chi connectivity index (χ4v) is 3.93. The lowest BCUT2D eigenvalue weighted by Gasteiger charge is -2.16. The van der Waals surface area contributed by atoms with Crippen LogP contribution in [0, 0.1) is 5.82 Å². The van der Waals surface area contributed by atoms with Gasteiger partial charge in [0.25, 0.3) is 0 Å². The Morgan fingerprint density at radius 2 is 2.03 bits per heavy atom. The number of amides is 1. The second-order valence-corrected chi connectivity index (χ2v) is 8.55. The number of aromatic nitrogens is 3. The van der Waals surface area contributed by atoms with Crippen molar-refractivity contribution >= 4 is 40.9 Å². The second kappa shape index (κ2) is 11.4. The Hall–Kier alpha value is -2.55. The summed E-state index contributed by atoms with van der Waals surface area (Å²) in [6, 6.07) is 11.2. The Labute approximate surface area is 199 Å². The number of hydrogen-bond donors (Lipinski definition) is 1. The van der Waals surface area contributed by atoms with Gasteiger partial charge < -0.3 is 10.1 Å². The molecule has 0 saturated carbocycles. The maximum Gasteiger partial charge on any atom is 0.230 e. The van der Waals surface area contributed by atoms with E-state index in [1.54, 1.807) is 25.1 Å². The van der Waals surface area contributed by atoms with Gasteiger partial charge in [-0.15, -0.1) is 16.8 Å². The van der Waals surface area contributed by atoms with Gasteiger partial charge in [-0.3, -0.25) is 9.36 Å². The number of hydrogen-bond acceptors (Lipinski definition) is 5. The molecule has 0 radical (unpaired) electrons. The Morgan fingerprint density at radius 1 is 1.28 bits per heavy atom. The van der Waals surface area contributed by atoms with Gasteiger partial charge in [0.2, 0.25) is 5.91 Å². The Morgan fingerprint density at radius 3 is 2.72 bits per heavy atom. The van der Waals surface area contributed by atoms with Crippen LogP contribution in [-0.2, 0) is 17.9 Å². The van der Waals surface area contributed by atoms with E-state index >= 15 is 0 Å². The largest absolute Gasteiger partial charge is 0.481 e. The van der Waals surface area contributed by atoms with Crippen LogP contribution < -0.4 is 10.1 Å². The van der Waals surface area contributed by atoms with Crippen molar-refractivity contribution in [3.63, 3.8) is 0 Å². The van der Waals surface area contributed by atoms with Gasteiger partial charge in [0.1, 0.15) is 11.6 Å². The van der Waals surface area contributed by atoms with Crippen molar-refractivity contribution in [3.8, 4) is 5.75 Å². The normalized spacial score (nSPS) is 11.8. The molecule has 1 aromatic heterocycles. The van der Waals surface area contributed by atoms with Crippen molar-refractivity contribution in [2.45, 2.75) is 31.3 Å². The third-order valence-corrected chi connectivity index (χ3v) is 5.87. The van der Waals surface area contributed by atoms with E-state index < -0.39 is 11.9 Å². The SMILES string of the molecule is C=CCn1c(SCC(=O)NCc2ccc(Cl)cc2)nnc1C(C)Oc1ccc(F)cc1Cl. The van der Waals surface area contributed by atoms with E-state index in [-0.39, 0.29) is 16.7 Å². The minimum absolute atomic E-state index is 0.137. The molecule has 0 bridgehead atoms. The van der Waals surface area contributed by atoms with Gasteiger partial charge in [0.15, 0.2) is 17.1 Å². The number of nitrogens with one attached hydrogen (secondary N) is 1. The van der Waals surface area contributed by atoms with Crippen LogP contribution in [0.25, 0.3) is 0 Å². The average Bonchev–Trinajstić information content (AvgIpc) is 3.17. The number of nitrogens with zero attached hydrogens (tertiary/aromatic N) is 3. The summed E-state index contributed by atoms with van der Waals surface area (Å²) in [4.78, 5) is 12.3. The molecular formula is C22H21Cl2FN4O2S. The minimum Gasteiger partial charge on any atom is -0.481 e. The molecular weight excluding hydrogens is 474 g/mol. The molecule has 1 heterocycles. The topological polar surface area (TPSA) is 69.0 Å². The zero-order valence-corrected chi connectivity index (χ0v) is 19.6. The van der Waals surface area contributed by atoms with E-state index in [4.69, 9.17) is 27.9 Å². The standard InChI is InChI=1S/C22H21Cl2FN4O2S/c1-3-10-29-21(14(2)31-19-9-8-17(25)11-18(19)24)27-28-22(29)32-13-20(30)26-12-15-4-6-16(23)7-5-15/h3-9,11,14H,1,10,12-13H2,2H3,(H,26,30). The molecule has 1 unspecified atom stereocenters. The molecule has 168 valence electrons. The number of carbonyl (C=O) groups is 1. The molecule has 3 rings (SSSR count). The monoisotopic (exact) mass is 494 g/mol. The smallest absolute Gasteiger partial charge is 0.230 e. The lowest BCUT2D eigenvalue weighted by molar-refractivity contribution is -0.118. The van der Waals surface area contributed by atoms with Crippen LogP contribution in [0.15, 0.2) is 60.3 Å². The highest BCUT2D eigenvalue weighted by Gasteiger charge is 2.20. The zero-order chi connectivity index (χ0) is 23.1. The number of halogens is 3. The minimum atomic E-state index is -0.515. The van der Waals surface area contributed by atoms with Crippen molar-refractivity contribution in [3.05, 3.63) is 82.4 Å². The first kappa shape index (κ1) is 24.1. The molecule has 10 heteroatoms. The summed E-state index contributed by atoms with van der Waals surface area (Å²) < 4.78 is 20.9. The molecule has 32 heavy (non-hydrogen) atoms. The predicted molar refractivity (Wildman–Crippen MR) is 125 cm³/mol. The Bertz CT molecular complexity index is 1090. The summed E-state index contributed by atoms with van der Waals surface area (Å²) in [6.45, 7) is 6.40. The summed E-state index contributed by atoms with van der Waals surface area (Å²) in [6.07, 6.45) is 1.19. The van der Waals surface area contributed by atoms with Crippen LogP contribution in [-0.4, -0.2) is 26.4 Å². The number of allylic oxidation sites excluding steroid dienone is 1. The van der Waals surface area contributed by atoms with Gasteiger partial charge in [-0.2, -0.15) is 0 Å². The molecule has 0 saturated heterocycles. The zero-order valence-electron chi connectivity index (χ0n) is 17.2. The summed E-state index contributed by atoms with van der Waals surface area (Å²) in [5, 5.41) is 12.6. The van der Waals surface area contributed by atoms with Crippen LogP contribution in [0.2, 0.25) is 10.0 Å². The van der Waals surface area contributed by atoms with Crippen LogP contribution in [0.3, 0.4) is 0 Å². The number of carbonyl (C=O) groups excluding carboxylic acids is 1. The third kappa shape index (κ3) is 6.48. The molecule has 1 N–H and O–H groups in total. The van der Waals surface area contributed by atoms with Gasteiger partial charge in [0.05, 0.1) is 10.8 Å². The molecule has 1 amide bonds. The van der Waals surface area contributed by atoms with Crippen molar-refractivity contribution in [2.75, 3.05) is 5.75 Å². The second-order valence-electron chi connectivity index (χ2n) is 6.77. The maximum atomic E-state index is 13.3. The summed E-state index contributed by atoms with van der Waals surface area (Å²) in [5.41, 5.74) is 0.954. The van der Waals surface area contributed by atoms with E-state index in [0.717, 1.165) is 5.56 Å². The fourth-order valence-electron chi connectivity index (χ4n) is 2.81. The third-order valence-electron chi connectivity index (χ3n) is 4.35. The molecule has 1 atom stereocenters. The summed E-state index contributed by atoms with van der Waals surface area (Å²) >= 11 is 13.2. The molecule has 6 nitrogen and oxygen atoms in total. The van der Waals surface area contributed by atoms with Gasteiger partial charge in [-0.05, 0) is 42.8 Å². The van der Waals surface area contributed by atoms with E-state index in [0.29, 0.717) is 34.8 Å². The van der Waals surface area contributed by atoms with Gasteiger partial charge >= 0.3 is 0 Å². The first-order valence-corrected chi connectivity index (χ1v) is 11.4.